The number of benzene rings is 1. The van der Waals surface area contributed by atoms with Crippen molar-refractivity contribution < 1.29 is 14.3 Å². The number of allylic oxidation sites excluding steroid dienone is 1. The molecular weight excluding hydrogens is 460 g/mol. The van der Waals surface area contributed by atoms with Crippen LogP contribution in [0.2, 0.25) is 0 Å². The second kappa shape index (κ2) is 14.2. The van der Waals surface area contributed by atoms with Gasteiger partial charge >= 0.3 is 5.97 Å². The Balaban J connectivity index is 1.84. The van der Waals surface area contributed by atoms with Crippen LogP contribution in [-0.4, -0.2) is 39.7 Å². The van der Waals surface area contributed by atoms with E-state index in [9.17, 15) is 4.79 Å². The number of rotatable bonds is 15. The fourth-order valence-corrected chi connectivity index (χ4v) is 4.84. The predicted octanol–water partition coefficient (Wildman–Crippen LogP) is 6.76. The van der Waals surface area contributed by atoms with E-state index in [4.69, 9.17) is 19.6 Å². The van der Waals surface area contributed by atoms with Crippen LogP contribution in [-0.2, 0) is 9.53 Å². The Morgan fingerprint density at radius 2 is 1.74 bits per heavy atom. The largest absolute Gasteiger partial charge is 0.494 e. The molecule has 1 aliphatic heterocycles. The minimum Gasteiger partial charge on any atom is -0.494 e. The summed E-state index contributed by atoms with van der Waals surface area (Å²) >= 11 is 1.64. The highest BCUT2D eigenvalue weighted by Crippen LogP contribution is 2.37. The summed E-state index contributed by atoms with van der Waals surface area (Å²) < 4.78 is 13.4. The smallest absolute Gasteiger partial charge is 0.338 e. The number of anilines is 1. The molecule has 0 radical (unpaired) electrons. The Bertz CT molecular complexity index is 971. The number of carbonyl (C=O) groups excluding carboxylic acids is 1. The quantitative estimate of drug-likeness (QED) is 0.164. The predicted molar refractivity (Wildman–Crippen MR) is 142 cm³/mol. The molecule has 1 aromatic carbocycles. The van der Waals surface area contributed by atoms with Crippen LogP contribution in [0.25, 0.3) is 0 Å². The second-order valence-electron chi connectivity index (χ2n) is 8.90. The number of thioether (sulfide) groups is 1. The maximum absolute atomic E-state index is 13.2. The first-order valence-electron chi connectivity index (χ1n) is 13.1. The van der Waals surface area contributed by atoms with Crippen molar-refractivity contribution in [3.63, 3.8) is 0 Å². The van der Waals surface area contributed by atoms with Gasteiger partial charge in [0.05, 0.1) is 18.8 Å². The standard InChI is InChI=1S/C27H40N4O3S/c1-5-8-11-12-18-33-22-15-13-21(14-16-22)24-23(25(32)34-17-9-6-2)20(4)28-26-29-27(30-31(24)26)35-19-10-7-3/h13-16,24H,5-12,17-19H2,1-4H3,(H,28,29,30). The molecule has 0 fully saturated rings. The monoisotopic (exact) mass is 500 g/mol. The highest BCUT2D eigenvalue weighted by Gasteiger charge is 2.35. The second-order valence-corrected chi connectivity index (χ2v) is 9.96. The van der Waals surface area contributed by atoms with Crippen LogP contribution < -0.4 is 10.1 Å². The molecule has 0 spiro atoms. The summed E-state index contributed by atoms with van der Waals surface area (Å²) in [7, 11) is 0. The summed E-state index contributed by atoms with van der Waals surface area (Å²) in [5, 5.41) is 8.77. The van der Waals surface area contributed by atoms with Crippen LogP contribution in [0.1, 0.15) is 90.7 Å². The van der Waals surface area contributed by atoms with Gasteiger partial charge in [-0.15, -0.1) is 5.10 Å². The summed E-state index contributed by atoms with van der Waals surface area (Å²) in [6.45, 7) is 9.48. The van der Waals surface area contributed by atoms with E-state index in [0.29, 0.717) is 29.9 Å². The maximum atomic E-state index is 13.2. The van der Waals surface area contributed by atoms with E-state index in [0.717, 1.165) is 54.9 Å². The average molecular weight is 501 g/mol. The van der Waals surface area contributed by atoms with Crippen molar-refractivity contribution in [3.05, 3.63) is 41.1 Å². The number of carbonyl (C=O) groups is 1. The molecule has 1 unspecified atom stereocenters. The van der Waals surface area contributed by atoms with Crippen molar-refractivity contribution >= 4 is 23.7 Å². The number of unbranched alkanes of at least 4 members (excludes halogenated alkanes) is 5. The molecule has 2 aromatic rings. The van der Waals surface area contributed by atoms with Crippen LogP contribution in [0, 0.1) is 0 Å². The zero-order chi connectivity index (χ0) is 25.0. The lowest BCUT2D eigenvalue weighted by Gasteiger charge is -2.28. The van der Waals surface area contributed by atoms with Gasteiger partial charge in [0.25, 0.3) is 0 Å². The SMILES string of the molecule is CCCCCCOc1ccc(C2C(C(=O)OCCCC)=C(C)Nc3nc(SCCCC)nn32)cc1. The molecule has 0 bridgehead atoms. The molecule has 8 heteroatoms. The number of fused-ring (bicyclic) bond motifs is 1. The summed E-state index contributed by atoms with van der Waals surface area (Å²) in [5.41, 5.74) is 2.26. The van der Waals surface area contributed by atoms with Gasteiger partial charge in [0.2, 0.25) is 11.1 Å². The fourth-order valence-electron chi connectivity index (χ4n) is 3.93. The highest BCUT2D eigenvalue weighted by atomic mass is 32.2. The first kappa shape index (κ1) is 27.1. The number of ether oxygens (including phenoxy) is 2. The Hall–Kier alpha value is -2.48. The first-order chi connectivity index (χ1) is 17.1. The van der Waals surface area contributed by atoms with Crippen molar-refractivity contribution in [3.8, 4) is 5.75 Å². The molecule has 0 saturated carbocycles. The molecule has 192 valence electrons. The third-order valence-electron chi connectivity index (χ3n) is 5.98. The van der Waals surface area contributed by atoms with E-state index in [2.05, 4.69) is 26.1 Å². The lowest BCUT2D eigenvalue weighted by molar-refractivity contribution is -0.139. The molecule has 3 rings (SSSR count). The van der Waals surface area contributed by atoms with Gasteiger partial charge in [-0.1, -0.05) is 76.8 Å². The van der Waals surface area contributed by atoms with Gasteiger partial charge in [-0.25, -0.2) is 9.48 Å². The fraction of sp³-hybridized carbons (Fsp3) is 0.593. The molecule has 1 aliphatic rings. The molecule has 1 atom stereocenters. The van der Waals surface area contributed by atoms with Crippen molar-refractivity contribution in [2.75, 3.05) is 24.3 Å². The third-order valence-corrected chi connectivity index (χ3v) is 6.90. The van der Waals surface area contributed by atoms with Gasteiger partial charge in [-0.2, -0.15) is 4.98 Å². The zero-order valence-electron chi connectivity index (χ0n) is 21.6. The maximum Gasteiger partial charge on any atom is 0.338 e. The van der Waals surface area contributed by atoms with E-state index >= 15 is 0 Å². The lowest BCUT2D eigenvalue weighted by Crippen LogP contribution is -2.29. The van der Waals surface area contributed by atoms with Gasteiger partial charge in [0, 0.05) is 11.4 Å². The molecule has 1 aromatic heterocycles. The third kappa shape index (κ3) is 7.50. The Labute approximate surface area is 214 Å². The van der Waals surface area contributed by atoms with Crippen LogP contribution >= 0.6 is 11.8 Å². The van der Waals surface area contributed by atoms with Crippen molar-refractivity contribution in [2.24, 2.45) is 0 Å². The van der Waals surface area contributed by atoms with Crippen molar-refractivity contribution in [2.45, 2.75) is 90.3 Å². The van der Waals surface area contributed by atoms with Crippen LogP contribution in [0.4, 0.5) is 5.95 Å². The van der Waals surface area contributed by atoms with E-state index in [1.807, 2.05) is 35.9 Å². The summed E-state index contributed by atoms with van der Waals surface area (Å²) in [6.07, 6.45) is 8.74. The normalized spacial score (nSPS) is 15.0. The number of hydrogen-bond acceptors (Lipinski definition) is 7. The van der Waals surface area contributed by atoms with Crippen LogP contribution in [0.3, 0.4) is 0 Å². The van der Waals surface area contributed by atoms with Crippen molar-refractivity contribution in [1.82, 2.24) is 14.8 Å². The van der Waals surface area contributed by atoms with Gasteiger partial charge in [0.15, 0.2) is 0 Å². The van der Waals surface area contributed by atoms with E-state index in [-0.39, 0.29) is 5.97 Å². The average Bonchev–Trinajstić information content (AvgIpc) is 3.26. The van der Waals surface area contributed by atoms with Crippen LogP contribution in [0.15, 0.2) is 40.7 Å². The molecule has 35 heavy (non-hydrogen) atoms. The molecular formula is C27H40N4O3S. The number of hydrogen-bond donors (Lipinski definition) is 1. The molecule has 0 amide bonds. The van der Waals surface area contributed by atoms with Gasteiger partial charge in [-0.3, -0.25) is 0 Å². The molecule has 1 N–H and O–H groups in total. The minimum atomic E-state index is -0.410. The molecule has 2 heterocycles. The Morgan fingerprint density at radius 3 is 2.46 bits per heavy atom. The topological polar surface area (TPSA) is 78.3 Å². The zero-order valence-corrected chi connectivity index (χ0v) is 22.5. The van der Waals surface area contributed by atoms with Crippen LogP contribution in [0.5, 0.6) is 5.75 Å². The van der Waals surface area contributed by atoms with E-state index < -0.39 is 6.04 Å². The Morgan fingerprint density at radius 1 is 1.00 bits per heavy atom. The summed E-state index contributed by atoms with van der Waals surface area (Å²) in [4.78, 5) is 17.9. The minimum absolute atomic E-state index is 0.314. The van der Waals surface area contributed by atoms with E-state index in [1.165, 1.54) is 19.3 Å². The number of esters is 1. The van der Waals surface area contributed by atoms with Gasteiger partial charge in [-0.05, 0) is 43.9 Å². The number of aromatic nitrogens is 3. The van der Waals surface area contributed by atoms with Gasteiger partial charge < -0.3 is 14.8 Å². The number of nitrogens with one attached hydrogen (secondary N) is 1. The van der Waals surface area contributed by atoms with Gasteiger partial charge in [0.1, 0.15) is 11.8 Å². The summed E-state index contributed by atoms with van der Waals surface area (Å²) in [5.74, 6) is 2.13. The summed E-state index contributed by atoms with van der Waals surface area (Å²) in [6, 6.07) is 7.56. The molecule has 0 aliphatic carbocycles. The lowest BCUT2D eigenvalue weighted by atomic mass is 9.96. The van der Waals surface area contributed by atoms with E-state index in [1.54, 1.807) is 11.8 Å². The first-order valence-corrected chi connectivity index (χ1v) is 14.0. The highest BCUT2D eigenvalue weighted by molar-refractivity contribution is 7.99. The molecule has 7 nitrogen and oxygen atoms in total. The Kier molecular flexibility index (Phi) is 11.0. The van der Waals surface area contributed by atoms with Crippen molar-refractivity contribution in [1.29, 1.82) is 0 Å². The molecule has 0 saturated heterocycles. The number of nitrogens with zero attached hydrogens (tertiary/aromatic N) is 3.